The van der Waals surface area contributed by atoms with E-state index in [0.717, 1.165) is 34.8 Å². The van der Waals surface area contributed by atoms with Crippen LogP contribution in [0.5, 0.6) is 0 Å². The Morgan fingerprint density at radius 3 is 2.94 bits per heavy atom. The van der Waals surface area contributed by atoms with Gasteiger partial charge < -0.3 is 10.1 Å². The van der Waals surface area contributed by atoms with Gasteiger partial charge in [-0.1, -0.05) is 19.1 Å². The maximum atomic E-state index is 5.39. The third-order valence-corrected chi connectivity index (χ3v) is 2.36. The van der Waals surface area contributed by atoms with Crippen LogP contribution in [0.3, 0.4) is 0 Å². The summed E-state index contributed by atoms with van der Waals surface area (Å²) in [5.41, 5.74) is 1.03. The largest absolute Gasteiger partial charge is 0.375 e. The first kappa shape index (κ1) is 14.1. The normalized spacial score (nSPS) is 10.3. The second-order valence-electron chi connectivity index (χ2n) is 3.78. The second-order valence-corrected chi connectivity index (χ2v) is 4.59. The predicted octanol–water partition coefficient (Wildman–Crippen LogP) is 2.81. The SMILES string of the molecule is C=C(C)COCCNc1cc(Br)nc(CC)n1. The molecule has 1 rings (SSSR count). The molecule has 1 N–H and O–H groups in total. The van der Waals surface area contributed by atoms with Crippen LogP contribution in [0.1, 0.15) is 19.7 Å². The van der Waals surface area contributed by atoms with Crippen LogP contribution in [0.15, 0.2) is 22.8 Å². The van der Waals surface area contributed by atoms with E-state index >= 15 is 0 Å². The minimum absolute atomic E-state index is 0.607. The Kier molecular flexibility index (Phi) is 6.15. The molecule has 0 aliphatic rings. The molecule has 0 amide bonds. The number of nitrogens with zero attached hydrogens (tertiary/aromatic N) is 2. The van der Waals surface area contributed by atoms with E-state index in [1.807, 2.05) is 19.9 Å². The molecule has 5 heteroatoms. The van der Waals surface area contributed by atoms with Gasteiger partial charge in [0.2, 0.25) is 0 Å². The minimum Gasteiger partial charge on any atom is -0.375 e. The molecule has 0 radical (unpaired) electrons. The molecule has 0 bridgehead atoms. The minimum atomic E-state index is 0.607. The summed E-state index contributed by atoms with van der Waals surface area (Å²) in [6, 6.07) is 1.86. The van der Waals surface area contributed by atoms with Gasteiger partial charge in [-0.05, 0) is 22.9 Å². The van der Waals surface area contributed by atoms with Crippen molar-refractivity contribution < 1.29 is 4.74 Å². The van der Waals surface area contributed by atoms with E-state index in [1.54, 1.807) is 0 Å². The lowest BCUT2D eigenvalue weighted by Gasteiger charge is -2.08. The van der Waals surface area contributed by atoms with Gasteiger partial charge in [0.05, 0.1) is 13.2 Å². The average Bonchev–Trinajstić information content (AvgIpc) is 2.27. The fourth-order valence-corrected chi connectivity index (χ4v) is 1.63. The van der Waals surface area contributed by atoms with Crippen molar-refractivity contribution in [1.82, 2.24) is 9.97 Å². The van der Waals surface area contributed by atoms with Gasteiger partial charge in [0.25, 0.3) is 0 Å². The van der Waals surface area contributed by atoms with Gasteiger partial charge in [0.1, 0.15) is 16.2 Å². The third-order valence-electron chi connectivity index (χ3n) is 1.96. The average molecular weight is 300 g/mol. The van der Waals surface area contributed by atoms with E-state index in [-0.39, 0.29) is 0 Å². The predicted molar refractivity (Wildman–Crippen MR) is 73.2 cm³/mol. The summed E-state index contributed by atoms with van der Waals surface area (Å²) in [5, 5.41) is 3.20. The Morgan fingerprint density at radius 2 is 2.29 bits per heavy atom. The molecular formula is C12H18BrN3O. The smallest absolute Gasteiger partial charge is 0.131 e. The third kappa shape index (κ3) is 5.79. The van der Waals surface area contributed by atoms with Crippen LogP contribution in [-0.4, -0.2) is 29.7 Å². The highest BCUT2D eigenvalue weighted by molar-refractivity contribution is 9.10. The van der Waals surface area contributed by atoms with Crippen molar-refractivity contribution in [1.29, 1.82) is 0 Å². The molecule has 0 aromatic carbocycles. The maximum Gasteiger partial charge on any atom is 0.131 e. The van der Waals surface area contributed by atoms with Crippen LogP contribution >= 0.6 is 15.9 Å². The van der Waals surface area contributed by atoms with E-state index in [0.29, 0.717) is 13.2 Å². The van der Waals surface area contributed by atoms with Crippen molar-refractivity contribution in [3.63, 3.8) is 0 Å². The standard InChI is InChI=1S/C12H18BrN3O/c1-4-11-15-10(13)7-12(16-11)14-5-6-17-8-9(2)3/h7H,2,4-6,8H2,1,3H3,(H,14,15,16). The zero-order chi connectivity index (χ0) is 12.7. The highest BCUT2D eigenvalue weighted by atomic mass is 79.9. The number of rotatable bonds is 7. The second kappa shape index (κ2) is 7.40. The van der Waals surface area contributed by atoms with Crippen molar-refractivity contribution >= 4 is 21.7 Å². The summed E-state index contributed by atoms with van der Waals surface area (Å²) >= 11 is 3.36. The van der Waals surface area contributed by atoms with Crippen molar-refractivity contribution in [3.05, 3.63) is 28.6 Å². The van der Waals surface area contributed by atoms with Gasteiger partial charge in [-0.2, -0.15) is 0 Å². The molecule has 1 aromatic rings. The van der Waals surface area contributed by atoms with Gasteiger partial charge in [-0.15, -0.1) is 0 Å². The summed E-state index contributed by atoms with van der Waals surface area (Å²) < 4.78 is 6.19. The molecule has 0 aliphatic heterocycles. The first-order valence-electron chi connectivity index (χ1n) is 5.61. The first-order chi connectivity index (χ1) is 8.11. The Labute approximate surface area is 111 Å². The maximum absolute atomic E-state index is 5.39. The van der Waals surface area contributed by atoms with Gasteiger partial charge in [0, 0.05) is 19.0 Å². The van der Waals surface area contributed by atoms with Gasteiger partial charge in [-0.25, -0.2) is 9.97 Å². The molecule has 0 aliphatic carbocycles. The summed E-state index contributed by atoms with van der Waals surface area (Å²) in [5.74, 6) is 1.65. The van der Waals surface area contributed by atoms with Crippen LogP contribution in [-0.2, 0) is 11.2 Å². The highest BCUT2D eigenvalue weighted by Gasteiger charge is 2.00. The molecule has 0 saturated carbocycles. The van der Waals surface area contributed by atoms with Crippen LogP contribution < -0.4 is 5.32 Å². The number of hydrogen-bond acceptors (Lipinski definition) is 4. The lowest BCUT2D eigenvalue weighted by molar-refractivity contribution is 0.167. The summed E-state index contributed by atoms with van der Waals surface area (Å²) in [6.07, 6.45) is 0.820. The molecule has 94 valence electrons. The molecule has 0 spiro atoms. The van der Waals surface area contributed by atoms with Crippen LogP contribution in [0, 0.1) is 0 Å². The van der Waals surface area contributed by atoms with E-state index < -0.39 is 0 Å². The van der Waals surface area contributed by atoms with Crippen LogP contribution in [0.2, 0.25) is 0 Å². The zero-order valence-electron chi connectivity index (χ0n) is 10.3. The summed E-state index contributed by atoms with van der Waals surface area (Å²) in [4.78, 5) is 8.60. The van der Waals surface area contributed by atoms with Crippen molar-refractivity contribution in [2.24, 2.45) is 0 Å². The number of aromatic nitrogens is 2. The number of aryl methyl sites for hydroxylation is 1. The summed E-state index contributed by atoms with van der Waals surface area (Å²) in [7, 11) is 0. The molecule has 1 aromatic heterocycles. The number of hydrogen-bond donors (Lipinski definition) is 1. The van der Waals surface area contributed by atoms with Gasteiger partial charge in [-0.3, -0.25) is 0 Å². The summed E-state index contributed by atoms with van der Waals surface area (Å²) in [6.45, 7) is 9.71. The zero-order valence-corrected chi connectivity index (χ0v) is 11.9. The number of nitrogens with one attached hydrogen (secondary N) is 1. The molecule has 0 saturated heterocycles. The van der Waals surface area contributed by atoms with Crippen LogP contribution in [0.25, 0.3) is 0 Å². The van der Waals surface area contributed by atoms with Crippen molar-refractivity contribution in [2.75, 3.05) is 25.1 Å². The molecule has 17 heavy (non-hydrogen) atoms. The molecule has 0 fully saturated rings. The van der Waals surface area contributed by atoms with Crippen molar-refractivity contribution in [2.45, 2.75) is 20.3 Å². The molecule has 1 heterocycles. The Balaban J connectivity index is 2.36. The Hall–Kier alpha value is -0.940. The van der Waals surface area contributed by atoms with Crippen LogP contribution in [0.4, 0.5) is 5.82 Å². The quantitative estimate of drug-likeness (QED) is 0.478. The fraction of sp³-hybridized carbons (Fsp3) is 0.500. The topological polar surface area (TPSA) is 47.0 Å². The highest BCUT2D eigenvalue weighted by Crippen LogP contribution is 2.12. The number of ether oxygens (including phenoxy) is 1. The number of halogens is 1. The lowest BCUT2D eigenvalue weighted by Crippen LogP contribution is -2.12. The van der Waals surface area contributed by atoms with E-state index in [1.165, 1.54) is 0 Å². The van der Waals surface area contributed by atoms with E-state index in [4.69, 9.17) is 4.74 Å². The molecule has 4 nitrogen and oxygen atoms in total. The van der Waals surface area contributed by atoms with Gasteiger partial charge >= 0.3 is 0 Å². The Bertz CT molecular complexity index is 382. The fourth-order valence-electron chi connectivity index (χ4n) is 1.21. The molecule has 0 unspecified atom stereocenters. The molecule has 0 atom stereocenters. The first-order valence-corrected chi connectivity index (χ1v) is 6.40. The van der Waals surface area contributed by atoms with E-state index in [2.05, 4.69) is 37.8 Å². The Morgan fingerprint density at radius 1 is 1.53 bits per heavy atom. The van der Waals surface area contributed by atoms with Gasteiger partial charge in [0.15, 0.2) is 0 Å². The van der Waals surface area contributed by atoms with E-state index in [9.17, 15) is 0 Å². The lowest BCUT2D eigenvalue weighted by atomic mass is 10.4. The number of anilines is 1. The monoisotopic (exact) mass is 299 g/mol. The molecular weight excluding hydrogens is 282 g/mol. The van der Waals surface area contributed by atoms with Crippen molar-refractivity contribution in [3.8, 4) is 0 Å².